The summed E-state index contributed by atoms with van der Waals surface area (Å²) in [6.07, 6.45) is 5.91. The van der Waals surface area contributed by atoms with Gasteiger partial charge in [0, 0.05) is 13.0 Å². The van der Waals surface area contributed by atoms with Crippen molar-refractivity contribution in [3.05, 3.63) is 0 Å². The molecule has 0 aliphatic rings. The molecule has 0 bridgehead atoms. The molecule has 5 N–H and O–H groups in total. The molecule has 18 heavy (non-hydrogen) atoms. The fourth-order valence-corrected chi connectivity index (χ4v) is 1.62. The molecule has 0 saturated heterocycles. The molecule has 0 aromatic rings. The number of nitrogens with two attached hydrogens (primary N) is 2. The lowest BCUT2D eigenvalue weighted by Gasteiger charge is -2.08. The first-order valence-corrected chi connectivity index (χ1v) is 6.80. The van der Waals surface area contributed by atoms with Gasteiger partial charge in [-0.15, -0.1) is 0 Å². The van der Waals surface area contributed by atoms with Gasteiger partial charge in [-0.2, -0.15) is 0 Å². The Morgan fingerprint density at radius 2 is 1.83 bits per heavy atom. The van der Waals surface area contributed by atoms with E-state index in [0.717, 1.165) is 32.1 Å². The molecule has 0 unspecified atom stereocenters. The molecule has 5 nitrogen and oxygen atoms in total. The lowest BCUT2D eigenvalue weighted by molar-refractivity contribution is -0.121. The normalized spacial score (nSPS) is 12.2. The molecule has 0 aliphatic heterocycles. The summed E-state index contributed by atoms with van der Waals surface area (Å²) >= 11 is 0. The van der Waals surface area contributed by atoms with Gasteiger partial charge in [0.05, 0.1) is 6.04 Å². The second kappa shape index (κ2) is 11.2. The first-order valence-electron chi connectivity index (χ1n) is 6.80. The van der Waals surface area contributed by atoms with Crippen LogP contribution in [0.25, 0.3) is 0 Å². The minimum atomic E-state index is -0.350. The first-order chi connectivity index (χ1) is 8.57. The molecular weight excluding hydrogens is 230 g/mol. The van der Waals surface area contributed by atoms with E-state index in [1.807, 2.05) is 0 Å². The molecule has 0 spiro atoms. The van der Waals surface area contributed by atoms with Crippen molar-refractivity contribution in [1.29, 1.82) is 0 Å². The van der Waals surface area contributed by atoms with Gasteiger partial charge in [-0.1, -0.05) is 6.42 Å². The molecule has 5 heteroatoms. The smallest absolute Gasteiger partial charge is 0.219 e. The van der Waals surface area contributed by atoms with Crippen LogP contribution in [0.1, 0.15) is 51.9 Å². The first kappa shape index (κ1) is 17.1. The van der Waals surface area contributed by atoms with Crippen LogP contribution < -0.4 is 16.8 Å². The number of carbonyl (C=O) groups excluding carboxylic acids is 2. The zero-order chi connectivity index (χ0) is 13.8. The van der Waals surface area contributed by atoms with Gasteiger partial charge in [-0.3, -0.25) is 9.59 Å². The van der Waals surface area contributed by atoms with Crippen molar-refractivity contribution in [2.45, 2.75) is 57.9 Å². The Labute approximate surface area is 110 Å². The SMILES string of the molecule is CC(=O)[C@@H](N)CCCCNC(=O)CCCCCN. The molecule has 0 saturated carbocycles. The number of unbranched alkanes of at least 4 members (excludes halogenated alkanes) is 3. The van der Waals surface area contributed by atoms with E-state index in [1.54, 1.807) is 0 Å². The highest BCUT2D eigenvalue weighted by Gasteiger charge is 2.07. The Kier molecular flexibility index (Phi) is 10.6. The maximum Gasteiger partial charge on any atom is 0.219 e. The highest BCUT2D eigenvalue weighted by Crippen LogP contribution is 2.00. The molecule has 0 aromatic carbocycles. The lowest BCUT2D eigenvalue weighted by Crippen LogP contribution is -2.28. The van der Waals surface area contributed by atoms with Crippen LogP contribution in [0.4, 0.5) is 0 Å². The van der Waals surface area contributed by atoms with E-state index in [0.29, 0.717) is 25.9 Å². The van der Waals surface area contributed by atoms with Gasteiger partial charge in [0.1, 0.15) is 5.78 Å². The molecule has 0 aliphatic carbocycles. The van der Waals surface area contributed by atoms with E-state index in [9.17, 15) is 9.59 Å². The predicted molar refractivity (Wildman–Crippen MR) is 73.0 cm³/mol. The number of hydrogen-bond acceptors (Lipinski definition) is 4. The number of carbonyl (C=O) groups is 2. The summed E-state index contributed by atoms with van der Waals surface area (Å²) < 4.78 is 0. The second-order valence-corrected chi connectivity index (χ2v) is 4.66. The number of nitrogens with one attached hydrogen (secondary N) is 1. The largest absolute Gasteiger partial charge is 0.356 e. The number of rotatable bonds is 11. The summed E-state index contributed by atoms with van der Waals surface area (Å²) in [6.45, 7) is 2.87. The fraction of sp³-hybridized carbons (Fsp3) is 0.846. The van der Waals surface area contributed by atoms with E-state index in [4.69, 9.17) is 11.5 Å². The topological polar surface area (TPSA) is 98.2 Å². The van der Waals surface area contributed by atoms with Crippen LogP contribution in [0.15, 0.2) is 0 Å². The quantitative estimate of drug-likeness (QED) is 0.475. The Morgan fingerprint density at radius 3 is 2.44 bits per heavy atom. The van der Waals surface area contributed by atoms with E-state index < -0.39 is 0 Å². The van der Waals surface area contributed by atoms with Crippen LogP contribution in [-0.2, 0) is 9.59 Å². The Hall–Kier alpha value is -0.940. The van der Waals surface area contributed by atoms with Gasteiger partial charge in [0.2, 0.25) is 5.91 Å². The van der Waals surface area contributed by atoms with Gasteiger partial charge in [0.15, 0.2) is 0 Å². The van der Waals surface area contributed by atoms with Crippen molar-refractivity contribution in [2.75, 3.05) is 13.1 Å². The summed E-state index contributed by atoms with van der Waals surface area (Å²) in [7, 11) is 0. The zero-order valence-electron chi connectivity index (χ0n) is 11.4. The predicted octanol–water partition coefficient (Wildman–Crippen LogP) is 0.708. The van der Waals surface area contributed by atoms with Crippen molar-refractivity contribution in [3.8, 4) is 0 Å². The van der Waals surface area contributed by atoms with Crippen molar-refractivity contribution >= 4 is 11.7 Å². The molecule has 1 amide bonds. The van der Waals surface area contributed by atoms with Gasteiger partial charge >= 0.3 is 0 Å². The number of amides is 1. The van der Waals surface area contributed by atoms with Crippen molar-refractivity contribution in [1.82, 2.24) is 5.32 Å². The third kappa shape index (κ3) is 10.2. The average Bonchev–Trinajstić information content (AvgIpc) is 2.33. The molecule has 106 valence electrons. The standard InChI is InChI=1S/C13H27N3O2/c1-11(17)12(15)7-4-6-10-16-13(18)8-3-2-5-9-14/h12H,2-10,14-15H2,1H3,(H,16,18)/t12-/m0/s1. The molecule has 1 atom stereocenters. The summed E-state index contributed by atoms with van der Waals surface area (Å²) in [5, 5.41) is 2.87. The summed E-state index contributed by atoms with van der Waals surface area (Å²) in [5.74, 6) is 0.127. The van der Waals surface area contributed by atoms with Crippen molar-refractivity contribution < 1.29 is 9.59 Å². The fourth-order valence-electron chi connectivity index (χ4n) is 1.62. The Morgan fingerprint density at radius 1 is 1.11 bits per heavy atom. The van der Waals surface area contributed by atoms with E-state index >= 15 is 0 Å². The second-order valence-electron chi connectivity index (χ2n) is 4.66. The molecular formula is C13H27N3O2. The lowest BCUT2D eigenvalue weighted by atomic mass is 10.1. The van der Waals surface area contributed by atoms with E-state index in [-0.39, 0.29) is 17.7 Å². The Balaban J connectivity index is 3.32. The van der Waals surface area contributed by atoms with E-state index in [2.05, 4.69) is 5.32 Å². The van der Waals surface area contributed by atoms with Crippen LogP contribution in [0, 0.1) is 0 Å². The average molecular weight is 257 g/mol. The zero-order valence-corrected chi connectivity index (χ0v) is 11.4. The minimum absolute atomic E-state index is 0.0268. The molecule has 0 radical (unpaired) electrons. The molecule has 0 aromatic heterocycles. The molecule has 0 fully saturated rings. The van der Waals surface area contributed by atoms with Crippen LogP contribution in [0.3, 0.4) is 0 Å². The van der Waals surface area contributed by atoms with Crippen LogP contribution in [-0.4, -0.2) is 30.8 Å². The summed E-state index contributed by atoms with van der Waals surface area (Å²) in [4.78, 5) is 22.3. The Bertz CT molecular complexity index is 244. The van der Waals surface area contributed by atoms with Crippen LogP contribution in [0.2, 0.25) is 0 Å². The summed E-state index contributed by atoms with van der Waals surface area (Å²) in [6, 6.07) is -0.350. The third-order valence-corrected chi connectivity index (χ3v) is 2.89. The van der Waals surface area contributed by atoms with Crippen LogP contribution >= 0.6 is 0 Å². The number of Topliss-reactive ketones (excluding diaryl/α,β-unsaturated/α-hetero) is 1. The van der Waals surface area contributed by atoms with Gasteiger partial charge in [-0.05, 0) is 45.6 Å². The highest BCUT2D eigenvalue weighted by atomic mass is 16.1. The van der Waals surface area contributed by atoms with Crippen molar-refractivity contribution in [3.63, 3.8) is 0 Å². The molecule has 0 heterocycles. The van der Waals surface area contributed by atoms with Gasteiger partial charge < -0.3 is 16.8 Å². The van der Waals surface area contributed by atoms with Crippen molar-refractivity contribution in [2.24, 2.45) is 11.5 Å². The minimum Gasteiger partial charge on any atom is -0.356 e. The maximum absolute atomic E-state index is 11.4. The highest BCUT2D eigenvalue weighted by molar-refractivity contribution is 5.81. The maximum atomic E-state index is 11.4. The van der Waals surface area contributed by atoms with Gasteiger partial charge in [0.25, 0.3) is 0 Å². The monoisotopic (exact) mass is 257 g/mol. The number of hydrogen-bond donors (Lipinski definition) is 3. The molecule has 0 rings (SSSR count). The number of ketones is 1. The van der Waals surface area contributed by atoms with Crippen LogP contribution in [0.5, 0.6) is 0 Å². The third-order valence-electron chi connectivity index (χ3n) is 2.89. The summed E-state index contributed by atoms with van der Waals surface area (Å²) in [5.41, 5.74) is 11.0. The van der Waals surface area contributed by atoms with E-state index in [1.165, 1.54) is 6.92 Å². The van der Waals surface area contributed by atoms with Gasteiger partial charge in [-0.25, -0.2) is 0 Å².